The van der Waals surface area contributed by atoms with Crippen LogP contribution in [0.25, 0.3) is 0 Å². The van der Waals surface area contributed by atoms with E-state index in [-0.39, 0.29) is 12.8 Å². The molecule has 0 spiro atoms. The van der Waals surface area contributed by atoms with Crippen molar-refractivity contribution in [1.82, 2.24) is 5.32 Å². The summed E-state index contributed by atoms with van der Waals surface area (Å²) >= 11 is 0. The number of amides is 2. The number of carboxylic acids is 1. The molecule has 0 aromatic carbocycles. The molecule has 0 aromatic rings. The Labute approximate surface area is 106 Å². The third-order valence-electron chi connectivity index (χ3n) is 2.51. The molecular weight excluding hydrogens is 238 g/mol. The van der Waals surface area contributed by atoms with Crippen molar-refractivity contribution in [3.05, 3.63) is 0 Å². The van der Waals surface area contributed by atoms with Crippen molar-refractivity contribution in [2.24, 2.45) is 16.9 Å². The zero-order valence-electron chi connectivity index (χ0n) is 10.9. The molecule has 0 unspecified atom stereocenters. The van der Waals surface area contributed by atoms with Gasteiger partial charge < -0.3 is 21.9 Å². The first-order chi connectivity index (χ1) is 8.05. The highest BCUT2D eigenvalue weighted by atomic mass is 16.4. The molecule has 7 heteroatoms. The Kier molecular flexibility index (Phi) is 5.77. The number of carbonyl (C=O) groups excluding carboxylic acids is 2. The van der Waals surface area contributed by atoms with Gasteiger partial charge in [0.15, 0.2) is 0 Å². The van der Waals surface area contributed by atoms with Crippen LogP contribution in [-0.2, 0) is 14.4 Å². The Balaban J connectivity index is 4.55. The quantitative estimate of drug-likeness (QED) is 0.495. The van der Waals surface area contributed by atoms with Gasteiger partial charge in [-0.25, -0.2) is 4.79 Å². The molecule has 2 amide bonds. The highest BCUT2D eigenvalue weighted by Gasteiger charge is 2.30. The Bertz CT molecular complexity index is 336. The number of carbonyl (C=O) groups is 3. The summed E-state index contributed by atoms with van der Waals surface area (Å²) in [6, 6.07) is -1.98. The Hall–Kier alpha value is -1.63. The van der Waals surface area contributed by atoms with Gasteiger partial charge in [-0.05, 0) is 11.8 Å². The van der Waals surface area contributed by atoms with Crippen LogP contribution >= 0.6 is 0 Å². The van der Waals surface area contributed by atoms with Crippen molar-refractivity contribution < 1.29 is 19.5 Å². The van der Waals surface area contributed by atoms with Gasteiger partial charge in [-0.3, -0.25) is 9.59 Å². The van der Waals surface area contributed by atoms with Gasteiger partial charge in [0.2, 0.25) is 11.8 Å². The fraction of sp³-hybridized carbons (Fsp3) is 0.727. The normalized spacial score (nSPS) is 14.7. The number of carboxylic acid groups (broad SMARTS) is 1. The highest BCUT2D eigenvalue weighted by molar-refractivity contribution is 5.87. The lowest BCUT2D eigenvalue weighted by atomic mass is 9.86. The summed E-state index contributed by atoms with van der Waals surface area (Å²) in [6.45, 7) is 5.32. The Morgan fingerprint density at radius 1 is 1.28 bits per heavy atom. The van der Waals surface area contributed by atoms with Gasteiger partial charge in [0.25, 0.3) is 0 Å². The molecule has 0 aliphatic carbocycles. The van der Waals surface area contributed by atoms with E-state index in [4.69, 9.17) is 16.6 Å². The van der Waals surface area contributed by atoms with Crippen molar-refractivity contribution in [3.8, 4) is 0 Å². The van der Waals surface area contributed by atoms with Crippen molar-refractivity contribution in [2.45, 2.75) is 45.7 Å². The minimum absolute atomic E-state index is 0.0483. The zero-order chi connectivity index (χ0) is 14.5. The minimum atomic E-state index is -1.22. The first kappa shape index (κ1) is 16.4. The number of nitrogens with two attached hydrogens (primary N) is 2. The molecule has 0 fully saturated rings. The lowest BCUT2D eigenvalue weighted by Crippen LogP contribution is -2.53. The van der Waals surface area contributed by atoms with Gasteiger partial charge in [-0.2, -0.15) is 0 Å². The molecule has 0 saturated heterocycles. The molecule has 0 rings (SSSR count). The molecule has 6 N–H and O–H groups in total. The number of primary amides is 1. The molecule has 2 atom stereocenters. The van der Waals surface area contributed by atoms with Gasteiger partial charge in [0.05, 0.1) is 6.04 Å². The summed E-state index contributed by atoms with van der Waals surface area (Å²) in [5.41, 5.74) is 10.2. The second-order valence-corrected chi connectivity index (χ2v) is 5.25. The van der Waals surface area contributed by atoms with E-state index >= 15 is 0 Å². The fourth-order valence-corrected chi connectivity index (χ4v) is 1.20. The average molecular weight is 259 g/mol. The highest BCUT2D eigenvalue weighted by Crippen LogP contribution is 2.17. The van der Waals surface area contributed by atoms with Crippen molar-refractivity contribution in [3.63, 3.8) is 0 Å². The van der Waals surface area contributed by atoms with E-state index in [1.165, 1.54) is 0 Å². The second-order valence-electron chi connectivity index (χ2n) is 5.25. The van der Waals surface area contributed by atoms with Gasteiger partial charge in [0, 0.05) is 6.42 Å². The summed E-state index contributed by atoms with van der Waals surface area (Å²) in [4.78, 5) is 33.2. The molecule has 18 heavy (non-hydrogen) atoms. The number of hydrogen-bond acceptors (Lipinski definition) is 4. The van der Waals surface area contributed by atoms with Crippen LogP contribution in [0.3, 0.4) is 0 Å². The van der Waals surface area contributed by atoms with E-state index in [1.807, 2.05) is 0 Å². The largest absolute Gasteiger partial charge is 0.480 e. The predicted octanol–water partition coefficient (Wildman–Crippen LogP) is -0.805. The number of rotatable bonds is 6. The summed E-state index contributed by atoms with van der Waals surface area (Å²) in [6.07, 6.45) is -0.157. The number of hydrogen-bond donors (Lipinski definition) is 4. The summed E-state index contributed by atoms with van der Waals surface area (Å²) < 4.78 is 0. The average Bonchev–Trinajstić information content (AvgIpc) is 2.20. The standard InChI is InChI=1S/C11H21N3O4/c1-11(2,3)8(13)9(16)14-6(10(17)18)4-5-7(12)15/h6,8H,4-5,13H2,1-3H3,(H2,12,15)(H,14,16)(H,17,18)/t6-,8+/m1/s1. The Morgan fingerprint density at radius 2 is 1.78 bits per heavy atom. The second kappa shape index (κ2) is 6.34. The SMILES string of the molecule is CC(C)(C)[C@@H](N)C(=O)N[C@H](CCC(N)=O)C(=O)O. The molecule has 0 aliphatic heterocycles. The lowest BCUT2D eigenvalue weighted by molar-refractivity contribution is -0.142. The van der Waals surface area contributed by atoms with E-state index in [9.17, 15) is 14.4 Å². The van der Waals surface area contributed by atoms with Crippen LogP contribution in [-0.4, -0.2) is 35.0 Å². The van der Waals surface area contributed by atoms with Gasteiger partial charge in [-0.1, -0.05) is 20.8 Å². The first-order valence-corrected chi connectivity index (χ1v) is 5.62. The molecule has 0 aliphatic rings. The maximum atomic E-state index is 11.7. The maximum Gasteiger partial charge on any atom is 0.326 e. The van der Waals surface area contributed by atoms with Gasteiger partial charge >= 0.3 is 5.97 Å². The summed E-state index contributed by atoms with van der Waals surface area (Å²) in [5, 5.41) is 11.2. The Morgan fingerprint density at radius 3 is 2.11 bits per heavy atom. The summed E-state index contributed by atoms with van der Waals surface area (Å²) in [7, 11) is 0. The van der Waals surface area contributed by atoms with Gasteiger partial charge in [-0.15, -0.1) is 0 Å². The van der Waals surface area contributed by atoms with E-state index in [1.54, 1.807) is 20.8 Å². The molecule has 0 radical (unpaired) electrons. The van der Waals surface area contributed by atoms with E-state index < -0.39 is 35.3 Å². The van der Waals surface area contributed by atoms with E-state index in [0.717, 1.165) is 0 Å². The van der Waals surface area contributed by atoms with Crippen molar-refractivity contribution in [1.29, 1.82) is 0 Å². The molecule has 0 saturated carbocycles. The topological polar surface area (TPSA) is 136 Å². The molecule has 7 nitrogen and oxygen atoms in total. The number of aliphatic carboxylic acids is 1. The van der Waals surface area contributed by atoms with Crippen molar-refractivity contribution >= 4 is 17.8 Å². The third kappa shape index (κ3) is 5.62. The smallest absolute Gasteiger partial charge is 0.326 e. The van der Waals surface area contributed by atoms with E-state index in [0.29, 0.717) is 0 Å². The molecule has 104 valence electrons. The van der Waals surface area contributed by atoms with Crippen LogP contribution in [0.2, 0.25) is 0 Å². The summed E-state index contributed by atoms with van der Waals surface area (Å²) in [5.74, 6) is -2.39. The molecular formula is C11H21N3O4. The van der Waals surface area contributed by atoms with Crippen LogP contribution in [0.1, 0.15) is 33.6 Å². The predicted molar refractivity (Wildman–Crippen MR) is 65.4 cm³/mol. The van der Waals surface area contributed by atoms with Crippen LogP contribution in [0.15, 0.2) is 0 Å². The molecule has 0 bridgehead atoms. The van der Waals surface area contributed by atoms with Crippen LogP contribution in [0.4, 0.5) is 0 Å². The lowest BCUT2D eigenvalue weighted by Gasteiger charge is -2.27. The first-order valence-electron chi connectivity index (χ1n) is 5.62. The van der Waals surface area contributed by atoms with E-state index in [2.05, 4.69) is 5.32 Å². The van der Waals surface area contributed by atoms with Crippen LogP contribution in [0.5, 0.6) is 0 Å². The van der Waals surface area contributed by atoms with Crippen LogP contribution < -0.4 is 16.8 Å². The monoisotopic (exact) mass is 259 g/mol. The van der Waals surface area contributed by atoms with Crippen LogP contribution in [0, 0.1) is 5.41 Å². The molecule has 0 heterocycles. The minimum Gasteiger partial charge on any atom is -0.480 e. The fourth-order valence-electron chi connectivity index (χ4n) is 1.20. The third-order valence-corrected chi connectivity index (χ3v) is 2.51. The van der Waals surface area contributed by atoms with Crippen molar-refractivity contribution in [2.75, 3.05) is 0 Å². The zero-order valence-corrected chi connectivity index (χ0v) is 10.9. The van der Waals surface area contributed by atoms with Gasteiger partial charge in [0.1, 0.15) is 6.04 Å². The number of nitrogens with one attached hydrogen (secondary N) is 1. The molecule has 0 aromatic heterocycles. The maximum absolute atomic E-state index is 11.7.